The standard InChI is InChI=1S/C9H18ClNO4S2/c1-16(12,13)6-7-17(14,15)11-8-9(2-3-9)4-5-10/h11H,2-8H2,1H3. The van der Waals surface area contributed by atoms with E-state index in [0.717, 1.165) is 25.5 Å². The van der Waals surface area contributed by atoms with E-state index in [2.05, 4.69) is 4.72 Å². The molecule has 0 aliphatic heterocycles. The van der Waals surface area contributed by atoms with Crippen LogP contribution in [0.3, 0.4) is 0 Å². The predicted molar refractivity (Wildman–Crippen MR) is 68.5 cm³/mol. The SMILES string of the molecule is CS(=O)(=O)CCS(=O)(=O)NCC1(CCCl)CC1. The van der Waals surface area contributed by atoms with Gasteiger partial charge in [-0.05, 0) is 24.7 Å². The summed E-state index contributed by atoms with van der Waals surface area (Å²) < 4.78 is 47.3. The fourth-order valence-corrected chi connectivity index (χ4v) is 4.65. The molecule has 0 bridgehead atoms. The lowest BCUT2D eigenvalue weighted by molar-refractivity contribution is 0.478. The smallest absolute Gasteiger partial charge is 0.212 e. The van der Waals surface area contributed by atoms with Crippen molar-refractivity contribution in [1.82, 2.24) is 4.72 Å². The minimum atomic E-state index is -3.50. The largest absolute Gasteiger partial charge is 0.229 e. The molecule has 1 N–H and O–H groups in total. The Morgan fingerprint density at radius 1 is 1.18 bits per heavy atom. The van der Waals surface area contributed by atoms with Crippen molar-refractivity contribution in [3.05, 3.63) is 0 Å². The lowest BCUT2D eigenvalue weighted by Gasteiger charge is -2.14. The molecule has 1 fully saturated rings. The van der Waals surface area contributed by atoms with Gasteiger partial charge in [-0.3, -0.25) is 0 Å². The summed E-state index contributed by atoms with van der Waals surface area (Å²) in [7, 11) is -6.74. The van der Waals surface area contributed by atoms with Gasteiger partial charge in [0.25, 0.3) is 0 Å². The third-order valence-corrected chi connectivity index (χ3v) is 5.69. The van der Waals surface area contributed by atoms with E-state index in [1.807, 2.05) is 0 Å². The summed E-state index contributed by atoms with van der Waals surface area (Å²) >= 11 is 5.64. The Balaban J connectivity index is 2.40. The highest BCUT2D eigenvalue weighted by Gasteiger charge is 2.42. The van der Waals surface area contributed by atoms with E-state index in [1.165, 1.54) is 0 Å². The molecular formula is C9H18ClNO4S2. The summed E-state index contributed by atoms with van der Waals surface area (Å²) in [5.41, 5.74) is 0.0138. The van der Waals surface area contributed by atoms with Gasteiger partial charge in [-0.2, -0.15) is 0 Å². The first kappa shape index (κ1) is 15.2. The summed E-state index contributed by atoms with van der Waals surface area (Å²) in [5, 5.41) is 0. The molecule has 0 spiro atoms. The van der Waals surface area contributed by atoms with Gasteiger partial charge in [0, 0.05) is 18.7 Å². The van der Waals surface area contributed by atoms with Gasteiger partial charge in [-0.1, -0.05) is 0 Å². The van der Waals surface area contributed by atoms with Crippen LogP contribution in [0.25, 0.3) is 0 Å². The molecule has 0 aromatic carbocycles. The van der Waals surface area contributed by atoms with Gasteiger partial charge in [0.15, 0.2) is 0 Å². The second kappa shape index (κ2) is 5.42. The quantitative estimate of drug-likeness (QED) is 0.657. The van der Waals surface area contributed by atoms with Crippen LogP contribution >= 0.6 is 11.6 Å². The van der Waals surface area contributed by atoms with Gasteiger partial charge in [-0.25, -0.2) is 21.6 Å². The molecule has 0 aromatic rings. The summed E-state index contributed by atoms with van der Waals surface area (Å²) in [5.74, 6) is -0.196. The number of hydrogen-bond acceptors (Lipinski definition) is 4. The number of rotatable bonds is 8. The van der Waals surface area contributed by atoms with Crippen molar-refractivity contribution in [2.24, 2.45) is 5.41 Å². The first-order valence-electron chi connectivity index (χ1n) is 5.39. The number of hydrogen-bond donors (Lipinski definition) is 1. The first-order valence-corrected chi connectivity index (χ1v) is 9.64. The van der Waals surface area contributed by atoms with Crippen LogP contribution in [0.1, 0.15) is 19.3 Å². The van der Waals surface area contributed by atoms with Crippen LogP contribution in [0.4, 0.5) is 0 Å². The lowest BCUT2D eigenvalue weighted by Crippen LogP contribution is -2.34. The van der Waals surface area contributed by atoms with Crippen molar-refractivity contribution in [2.75, 3.05) is 30.2 Å². The lowest BCUT2D eigenvalue weighted by atomic mass is 10.1. The van der Waals surface area contributed by atoms with Crippen LogP contribution in [-0.4, -0.2) is 47.0 Å². The fourth-order valence-electron chi connectivity index (χ4n) is 1.49. The molecule has 0 radical (unpaired) electrons. The summed E-state index contributed by atoms with van der Waals surface area (Å²) in [6.07, 6.45) is 3.78. The van der Waals surface area contributed by atoms with Crippen molar-refractivity contribution >= 4 is 31.5 Å². The number of halogens is 1. The molecule has 17 heavy (non-hydrogen) atoms. The Bertz CT molecular complexity index is 453. The van der Waals surface area contributed by atoms with Crippen LogP contribution in [-0.2, 0) is 19.9 Å². The summed E-state index contributed by atoms with van der Waals surface area (Å²) in [6.45, 7) is 0.367. The van der Waals surface area contributed by atoms with Crippen molar-refractivity contribution in [3.8, 4) is 0 Å². The molecule has 1 aliphatic carbocycles. The van der Waals surface area contributed by atoms with Crippen LogP contribution in [0.2, 0.25) is 0 Å². The van der Waals surface area contributed by atoms with Crippen molar-refractivity contribution < 1.29 is 16.8 Å². The molecule has 0 aromatic heterocycles. The Labute approximate surface area is 108 Å². The van der Waals surface area contributed by atoms with Crippen LogP contribution < -0.4 is 4.72 Å². The second-order valence-corrected chi connectivity index (χ2v) is 9.27. The fraction of sp³-hybridized carbons (Fsp3) is 1.00. The highest BCUT2D eigenvalue weighted by atomic mass is 35.5. The highest BCUT2D eigenvalue weighted by Crippen LogP contribution is 2.48. The van der Waals surface area contributed by atoms with E-state index in [0.29, 0.717) is 12.4 Å². The summed E-state index contributed by atoms with van der Waals surface area (Å²) in [6, 6.07) is 0. The van der Waals surface area contributed by atoms with Crippen LogP contribution in [0, 0.1) is 5.41 Å². The molecule has 0 saturated heterocycles. The molecule has 0 amide bonds. The number of sulfonamides is 1. The monoisotopic (exact) mass is 303 g/mol. The highest BCUT2D eigenvalue weighted by molar-refractivity contribution is 7.93. The Kier molecular flexibility index (Phi) is 4.85. The maximum atomic E-state index is 11.5. The first-order chi connectivity index (χ1) is 7.68. The summed E-state index contributed by atoms with van der Waals surface area (Å²) in [4.78, 5) is 0. The van der Waals surface area contributed by atoms with Crippen LogP contribution in [0.5, 0.6) is 0 Å². The van der Waals surface area contributed by atoms with Crippen molar-refractivity contribution in [1.29, 1.82) is 0 Å². The third-order valence-electron chi connectivity index (χ3n) is 2.97. The zero-order valence-electron chi connectivity index (χ0n) is 9.78. The molecule has 0 atom stereocenters. The molecule has 102 valence electrons. The van der Waals surface area contributed by atoms with Gasteiger partial charge in [-0.15, -0.1) is 11.6 Å². The Morgan fingerprint density at radius 3 is 2.18 bits per heavy atom. The molecule has 1 saturated carbocycles. The van der Waals surface area contributed by atoms with Gasteiger partial charge in [0.2, 0.25) is 10.0 Å². The average Bonchev–Trinajstić information content (AvgIpc) is 2.93. The number of nitrogens with one attached hydrogen (secondary N) is 1. The average molecular weight is 304 g/mol. The maximum absolute atomic E-state index is 11.5. The second-order valence-electron chi connectivity index (χ2n) is 4.71. The van der Waals surface area contributed by atoms with Crippen molar-refractivity contribution in [2.45, 2.75) is 19.3 Å². The van der Waals surface area contributed by atoms with Gasteiger partial charge in [0.05, 0.1) is 11.5 Å². The number of sulfone groups is 1. The maximum Gasteiger partial charge on any atom is 0.212 e. The Hall–Kier alpha value is 0.150. The molecule has 5 nitrogen and oxygen atoms in total. The zero-order valence-corrected chi connectivity index (χ0v) is 12.2. The van der Waals surface area contributed by atoms with Crippen molar-refractivity contribution in [3.63, 3.8) is 0 Å². The van der Waals surface area contributed by atoms with Gasteiger partial charge >= 0.3 is 0 Å². The molecular weight excluding hydrogens is 286 g/mol. The Morgan fingerprint density at radius 2 is 1.76 bits per heavy atom. The van der Waals surface area contributed by atoms with Gasteiger partial charge in [0.1, 0.15) is 9.84 Å². The molecule has 1 aliphatic rings. The zero-order chi connectivity index (χ0) is 13.2. The minimum absolute atomic E-state index is 0.0138. The normalized spacial score (nSPS) is 19.2. The number of alkyl halides is 1. The topological polar surface area (TPSA) is 80.3 Å². The third kappa shape index (κ3) is 6.03. The van der Waals surface area contributed by atoms with E-state index < -0.39 is 19.9 Å². The van der Waals surface area contributed by atoms with E-state index in [-0.39, 0.29) is 16.9 Å². The van der Waals surface area contributed by atoms with E-state index in [4.69, 9.17) is 11.6 Å². The molecule has 0 unspecified atom stereocenters. The van der Waals surface area contributed by atoms with Gasteiger partial charge < -0.3 is 0 Å². The predicted octanol–water partition coefficient (Wildman–Crippen LogP) is 0.359. The molecule has 1 rings (SSSR count). The van der Waals surface area contributed by atoms with E-state index >= 15 is 0 Å². The molecule has 8 heteroatoms. The molecule has 0 heterocycles. The minimum Gasteiger partial charge on any atom is -0.229 e. The van der Waals surface area contributed by atoms with E-state index in [9.17, 15) is 16.8 Å². The van der Waals surface area contributed by atoms with E-state index in [1.54, 1.807) is 0 Å². The van der Waals surface area contributed by atoms with Crippen LogP contribution in [0.15, 0.2) is 0 Å².